The number of rotatable bonds is 7. The molecular weight excluding hydrogens is 386 g/mol. The van der Waals surface area contributed by atoms with Gasteiger partial charge in [-0.2, -0.15) is 0 Å². The van der Waals surface area contributed by atoms with Gasteiger partial charge in [0.15, 0.2) is 6.61 Å². The number of ether oxygens (including phenoxy) is 1. The maximum Gasteiger partial charge on any atom is 0.276 e. The Balaban J connectivity index is 1.78. The molecule has 2 amide bonds. The molecule has 0 saturated heterocycles. The van der Waals surface area contributed by atoms with Gasteiger partial charge in [0.05, 0.1) is 5.75 Å². The second-order valence-corrected chi connectivity index (χ2v) is 7.46. The zero-order valence-electron chi connectivity index (χ0n) is 15.8. The van der Waals surface area contributed by atoms with E-state index in [1.807, 2.05) is 39.0 Å². The predicted octanol–water partition coefficient (Wildman–Crippen LogP) is 3.72. The number of thioether (sulfide) groups is 1. The molecule has 0 bridgehead atoms. The summed E-state index contributed by atoms with van der Waals surface area (Å²) in [5, 5.41) is 0. The summed E-state index contributed by atoms with van der Waals surface area (Å²) in [5.74, 6) is -1.76. The van der Waals surface area contributed by atoms with Crippen LogP contribution in [0.15, 0.2) is 41.3 Å². The Labute approximate surface area is 166 Å². The second-order valence-electron chi connectivity index (χ2n) is 6.44. The summed E-state index contributed by atoms with van der Waals surface area (Å²) in [6, 6.07) is 8.90. The Bertz CT molecular complexity index is 859. The fraction of sp³-hybridized carbons (Fsp3) is 0.300. The van der Waals surface area contributed by atoms with E-state index in [2.05, 4.69) is 10.9 Å². The van der Waals surface area contributed by atoms with Gasteiger partial charge in [0.1, 0.15) is 17.4 Å². The largest absolute Gasteiger partial charge is 0.483 e. The second kappa shape index (κ2) is 10.1. The molecule has 150 valence electrons. The van der Waals surface area contributed by atoms with Crippen LogP contribution in [0.4, 0.5) is 8.78 Å². The average molecular weight is 408 g/mol. The smallest absolute Gasteiger partial charge is 0.276 e. The molecule has 5 nitrogen and oxygen atoms in total. The summed E-state index contributed by atoms with van der Waals surface area (Å²) in [5.41, 5.74) is 6.48. The maximum absolute atomic E-state index is 13.5. The Morgan fingerprint density at radius 3 is 2.46 bits per heavy atom. The number of hydrogen-bond acceptors (Lipinski definition) is 4. The fourth-order valence-corrected chi connectivity index (χ4v) is 3.05. The van der Waals surface area contributed by atoms with Crippen molar-refractivity contribution in [1.29, 1.82) is 0 Å². The number of hydrogen-bond donors (Lipinski definition) is 2. The van der Waals surface area contributed by atoms with E-state index < -0.39 is 23.4 Å². The van der Waals surface area contributed by atoms with Crippen LogP contribution >= 0.6 is 11.8 Å². The maximum atomic E-state index is 13.5. The topological polar surface area (TPSA) is 67.4 Å². The van der Waals surface area contributed by atoms with Crippen molar-refractivity contribution in [2.24, 2.45) is 0 Å². The summed E-state index contributed by atoms with van der Waals surface area (Å²) >= 11 is 0.896. The monoisotopic (exact) mass is 408 g/mol. The van der Waals surface area contributed by atoms with E-state index in [1.54, 1.807) is 0 Å². The summed E-state index contributed by atoms with van der Waals surface area (Å²) in [6.45, 7) is 5.72. The van der Waals surface area contributed by atoms with Gasteiger partial charge in [-0.3, -0.25) is 20.4 Å². The molecule has 0 radical (unpaired) electrons. The molecule has 0 atom stereocenters. The normalized spacial score (nSPS) is 10.6. The highest BCUT2D eigenvalue weighted by Crippen LogP contribution is 2.27. The molecule has 0 aromatic heterocycles. The number of hydrazine groups is 1. The fourth-order valence-electron chi connectivity index (χ4n) is 2.33. The van der Waals surface area contributed by atoms with Crippen LogP contribution in [0, 0.1) is 18.6 Å². The lowest BCUT2D eigenvalue weighted by molar-refractivity contribution is -0.128. The van der Waals surface area contributed by atoms with Crippen LogP contribution in [0.2, 0.25) is 0 Å². The van der Waals surface area contributed by atoms with Crippen molar-refractivity contribution in [3.05, 3.63) is 59.2 Å². The Morgan fingerprint density at radius 1 is 1.07 bits per heavy atom. The van der Waals surface area contributed by atoms with E-state index in [1.165, 1.54) is 6.07 Å². The van der Waals surface area contributed by atoms with Gasteiger partial charge >= 0.3 is 0 Å². The third kappa shape index (κ3) is 6.53. The molecule has 0 fully saturated rings. The van der Waals surface area contributed by atoms with Crippen molar-refractivity contribution in [3.8, 4) is 5.75 Å². The number of aryl methyl sites for hydroxylation is 1. The quantitative estimate of drug-likeness (QED) is 0.541. The highest BCUT2D eigenvalue weighted by atomic mass is 32.2. The van der Waals surface area contributed by atoms with E-state index in [0.717, 1.165) is 35.0 Å². The van der Waals surface area contributed by atoms with Crippen LogP contribution < -0.4 is 15.6 Å². The highest BCUT2D eigenvalue weighted by molar-refractivity contribution is 8.00. The molecule has 0 spiro atoms. The Hall–Kier alpha value is -2.61. The van der Waals surface area contributed by atoms with Gasteiger partial charge in [0, 0.05) is 11.0 Å². The van der Waals surface area contributed by atoms with Crippen molar-refractivity contribution in [1.82, 2.24) is 10.9 Å². The molecule has 2 N–H and O–H groups in total. The van der Waals surface area contributed by atoms with Gasteiger partial charge in [-0.05, 0) is 42.2 Å². The van der Waals surface area contributed by atoms with Crippen LogP contribution in [-0.2, 0) is 9.59 Å². The molecule has 2 rings (SSSR count). The van der Waals surface area contributed by atoms with E-state index in [9.17, 15) is 18.4 Å². The first-order chi connectivity index (χ1) is 13.3. The van der Waals surface area contributed by atoms with Crippen LogP contribution in [0.3, 0.4) is 0 Å². The zero-order valence-corrected chi connectivity index (χ0v) is 16.7. The number of carbonyl (C=O) groups excluding carboxylic acids is 2. The third-order valence-electron chi connectivity index (χ3n) is 3.74. The third-order valence-corrected chi connectivity index (χ3v) is 4.79. The molecule has 0 heterocycles. The molecule has 0 saturated carbocycles. The standard InChI is InChI=1S/C20H22F2N2O3S/c1-12(2)15-6-4-13(3)8-17(15)27-10-19(25)23-24-20(26)11-28-18-7-5-14(21)9-16(18)22/h4-9,12H,10-11H2,1-3H3,(H,23,25)(H,24,26). The van der Waals surface area contributed by atoms with Gasteiger partial charge in [-0.15, -0.1) is 11.8 Å². The van der Waals surface area contributed by atoms with Crippen molar-refractivity contribution in [2.75, 3.05) is 12.4 Å². The van der Waals surface area contributed by atoms with E-state index in [4.69, 9.17) is 4.74 Å². The van der Waals surface area contributed by atoms with Gasteiger partial charge in [-0.25, -0.2) is 8.78 Å². The molecule has 8 heteroatoms. The minimum Gasteiger partial charge on any atom is -0.483 e. The van der Waals surface area contributed by atoms with Crippen LogP contribution in [0.1, 0.15) is 30.9 Å². The molecule has 2 aromatic rings. The molecule has 28 heavy (non-hydrogen) atoms. The lowest BCUT2D eigenvalue weighted by Gasteiger charge is -2.15. The van der Waals surface area contributed by atoms with Gasteiger partial charge in [-0.1, -0.05) is 26.0 Å². The molecule has 0 aliphatic rings. The van der Waals surface area contributed by atoms with Crippen LogP contribution in [-0.4, -0.2) is 24.2 Å². The van der Waals surface area contributed by atoms with Gasteiger partial charge < -0.3 is 4.74 Å². The average Bonchev–Trinajstić information content (AvgIpc) is 2.63. The Kier molecular flexibility index (Phi) is 7.80. The van der Waals surface area contributed by atoms with E-state index in [-0.39, 0.29) is 23.2 Å². The molecule has 2 aromatic carbocycles. The number of carbonyl (C=O) groups is 2. The van der Waals surface area contributed by atoms with Crippen LogP contribution in [0.25, 0.3) is 0 Å². The minimum absolute atomic E-state index is 0.140. The highest BCUT2D eigenvalue weighted by Gasteiger charge is 2.12. The zero-order chi connectivity index (χ0) is 20.7. The van der Waals surface area contributed by atoms with Crippen molar-refractivity contribution < 1.29 is 23.1 Å². The van der Waals surface area contributed by atoms with Crippen molar-refractivity contribution >= 4 is 23.6 Å². The predicted molar refractivity (Wildman–Crippen MR) is 104 cm³/mol. The summed E-state index contributed by atoms with van der Waals surface area (Å²) < 4.78 is 31.9. The Morgan fingerprint density at radius 2 is 1.79 bits per heavy atom. The lowest BCUT2D eigenvalue weighted by atomic mass is 10.0. The molecule has 0 aliphatic heterocycles. The summed E-state index contributed by atoms with van der Waals surface area (Å²) in [4.78, 5) is 23.8. The van der Waals surface area contributed by atoms with Crippen molar-refractivity contribution in [2.45, 2.75) is 31.6 Å². The van der Waals surface area contributed by atoms with Gasteiger partial charge in [0.2, 0.25) is 5.91 Å². The van der Waals surface area contributed by atoms with E-state index >= 15 is 0 Å². The first-order valence-electron chi connectivity index (χ1n) is 8.65. The molecule has 0 aliphatic carbocycles. The van der Waals surface area contributed by atoms with Crippen LogP contribution in [0.5, 0.6) is 5.75 Å². The minimum atomic E-state index is -0.741. The summed E-state index contributed by atoms with van der Waals surface area (Å²) in [7, 11) is 0. The number of halogens is 2. The number of amides is 2. The molecule has 0 unspecified atom stereocenters. The SMILES string of the molecule is Cc1ccc(C(C)C)c(OCC(=O)NNC(=O)CSc2ccc(F)cc2F)c1. The first-order valence-corrected chi connectivity index (χ1v) is 9.63. The lowest BCUT2D eigenvalue weighted by Crippen LogP contribution is -2.44. The number of nitrogens with one attached hydrogen (secondary N) is 2. The number of benzene rings is 2. The van der Waals surface area contributed by atoms with E-state index in [0.29, 0.717) is 5.75 Å². The van der Waals surface area contributed by atoms with Gasteiger partial charge in [0.25, 0.3) is 5.91 Å². The van der Waals surface area contributed by atoms with Crippen molar-refractivity contribution in [3.63, 3.8) is 0 Å². The first kappa shape index (κ1) is 21.7. The molecular formula is C20H22F2N2O3S. The summed E-state index contributed by atoms with van der Waals surface area (Å²) in [6.07, 6.45) is 0.